The largest absolute Gasteiger partial charge is 0.504 e. The van der Waals surface area contributed by atoms with Gasteiger partial charge in [0.1, 0.15) is 11.5 Å². The number of nitrogens with zero attached hydrogens (tertiary/aromatic N) is 1. The van der Waals surface area contributed by atoms with Gasteiger partial charge in [-0.1, -0.05) is 30.0 Å². The Labute approximate surface area is 172 Å². The number of rotatable bonds is 6. The van der Waals surface area contributed by atoms with Gasteiger partial charge in [0.25, 0.3) is 5.91 Å². The highest BCUT2D eigenvalue weighted by atomic mass is 32.2. The number of phenolic OH excluding ortho intramolecular Hbond substituents is 1. The van der Waals surface area contributed by atoms with Crippen molar-refractivity contribution >= 4 is 46.0 Å². The lowest BCUT2D eigenvalue weighted by Crippen LogP contribution is -2.27. The Hall–Kier alpha value is -2.71. The zero-order valence-electron chi connectivity index (χ0n) is 15.6. The fourth-order valence-electron chi connectivity index (χ4n) is 2.69. The van der Waals surface area contributed by atoms with Crippen LogP contribution in [0.4, 0.5) is 5.69 Å². The second-order valence-corrected chi connectivity index (χ2v) is 7.39. The van der Waals surface area contributed by atoms with Crippen molar-refractivity contribution in [2.45, 2.75) is 6.92 Å². The number of aromatic hydroxyl groups is 1. The van der Waals surface area contributed by atoms with Crippen LogP contribution in [0.3, 0.4) is 0 Å². The summed E-state index contributed by atoms with van der Waals surface area (Å²) in [4.78, 5) is 14.9. The van der Waals surface area contributed by atoms with Crippen LogP contribution in [0.5, 0.6) is 23.0 Å². The van der Waals surface area contributed by atoms with Gasteiger partial charge in [-0.3, -0.25) is 9.69 Å². The first-order valence-electron chi connectivity index (χ1n) is 8.44. The molecule has 3 rings (SSSR count). The molecule has 1 aliphatic rings. The predicted octanol–water partition coefficient (Wildman–Crippen LogP) is 4.21. The maximum atomic E-state index is 13.0. The molecule has 1 heterocycles. The standard InChI is InChI=1S/C20H19NO5S2/c1-4-26-17-9-12(5-8-15(17)22)10-18-19(23)21(20(27)28-18)14-7-6-13(24-2)11-16(14)25-3/h5-11,22H,4H2,1-3H3. The van der Waals surface area contributed by atoms with Crippen LogP contribution in [0.25, 0.3) is 6.08 Å². The summed E-state index contributed by atoms with van der Waals surface area (Å²) in [5.41, 5.74) is 1.28. The molecule has 2 aromatic carbocycles. The minimum atomic E-state index is -0.246. The zero-order chi connectivity index (χ0) is 20.3. The van der Waals surface area contributed by atoms with E-state index < -0.39 is 0 Å². The highest BCUT2D eigenvalue weighted by Gasteiger charge is 2.35. The number of thiocarbonyl (C=S) groups is 1. The van der Waals surface area contributed by atoms with Gasteiger partial charge in [0.05, 0.1) is 31.4 Å². The first-order chi connectivity index (χ1) is 13.5. The number of ether oxygens (including phenoxy) is 3. The molecule has 0 spiro atoms. The van der Waals surface area contributed by atoms with Crippen molar-refractivity contribution < 1.29 is 24.1 Å². The molecule has 28 heavy (non-hydrogen) atoms. The molecule has 0 atom stereocenters. The molecule has 2 aromatic rings. The third kappa shape index (κ3) is 3.93. The average Bonchev–Trinajstić information content (AvgIpc) is 2.97. The molecule has 0 bridgehead atoms. The molecular formula is C20H19NO5S2. The van der Waals surface area contributed by atoms with E-state index in [4.69, 9.17) is 26.4 Å². The smallest absolute Gasteiger partial charge is 0.270 e. The molecule has 6 nitrogen and oxygen atoms in total. The van der Waals surface area contributed by atoms with E-state index in [0.717, 1.165) is 5.56 Å². The first-order valence-corrected chi connectivity index (χ1v) is 9.66. The number of amides is 1. The van der Waals surface area contributed by atoms with Gasteiger partial charge in [0.2, 0.25) is 0 Å². The Balaban J connectivity index is 1.94. The summed E-state index contributed by atoms with van der Waals surface area (Å²) in [7, 11) is 3.09. The molecule has 1 fully saturated rings. The molecule has 8 heteroatoms. The lowest BCUT2D eigenvalue weighted by Gasteiger charge is -2.18. The highest BCUT2D eigenvalue weighted by Crippen LogP contribution is 2.41. The minimum Gasteiger partial charge on any atom is -0.504 e. The van der Waals surface area contributed by atoms with Crippen LogP contribution in [-0.4, -0.2) is 36.2 Å². The molecular weight excluding hydrogens is 398 g/mol. The average molecular weight is 418 g/mol. The summed E-state index contributed by atoms with van der Waals surface area (Å²) >= 11 is 6.63. The van der Waals surface area contributed by atoms with E-state index in [-0.39, 0.29) is 11.7 Å². The summed E-state index contributed by atoms with van der Waals surface area (Å²) in [5, 5.41) is 9.84. The first kappa shape index (κ1) is 20.0. The molecule has 0 aliphatic carbocycles. The number of thioether (sulfide) groups is 1. The quantitative estimate of drug-likeness (QED) is 0.558. The van der Waals surface area contributed by atoms with Crippen molar-refractivity contribution in [3.63, 3.8) is 0 Å². The molecule has 146 valence electrons. The van der Waals surface area contributed by atoms with Gasteiger partial charge in [-0.15, -0.1) is 0 Å². The number of methoxy groups -OCH3 is 2. The number of carbonyl (C=O) groups excluding carboxylic acids is 1. The molecule has 0 aromatic heterocycles. The summed E-state index contributed by atoms with van der Waals surface area (Å²) in [6.45, 7) is 2.26. The lowest BCUT2D eigenvalue weighted by atomic mass is 10.1. The number of hydrogen-bond acceptors (Lipinski definition) is 7. The van der Waals surface area contributed by atoms with Crippen molar-refractivity contribution in [3.8, 4) is 23.0 Å². The number of benzene rings is 2. The normalized spacial score (nSPS) is 15.2. The third-order valence-electron chi connectivity index (χ3n) is 4.00. The fourth-order valence-corrected chi connectivity index (χ4v) is 3.97. The van der Waals surface area contributed by atoms with Crippen LogP contribution < -0.4 is 19.1 Å². The molecule has 0 saturated carbocycles. The van der Waals surface area contributed by atoms with Gasteiger partial charge in [-0.05, 0) is 42.8 Å². The third-order valence-corrected chi connectivity index (χ3v) is 5.31. The van der Waals surface area contributed by atoms with Crippen LogP contribution in [-0.2, 0) is 4.79 Å². The van der Waals surface area contributed by atoms with E-state index in [2.05, 4.69) is 0 Å². The van der Waals surface area contributed by atoms with Gasteiger partial charge in [0, 0.05) is 6.07 Å². The number of carbonyl (C=O) groups is 1. The van der Waals surface area contributed by atoms with Crippen LogP contribution in [0.15, 0.2) is 41.3 Å². The van der Waals surface area contributed by atoms with Gasteiger partial charge in [-0.2, -0.15) is 0 Å². The monoisotopic (exact) mass is 417 g/mol. The van der Waals surface area contributed by atoms with Crippen molar-refractivity contribution in [1.82, 2.24) is 0 Å². The topological polar surface area (TPSA) is 68.2 Å². The number of phenols is 1. The minimum absolute atomic E-state index is 0.0505. The van der Waals surface area contributed by atoms with Gasteiger partial charge >= 0.3 is 0 Å². The molecule has 1 saturated heterocycles. The Kier molecular flexibility index (Phi) is 6.11. The van der Waals surface area contributed by atoms with Crippen LogP contribution in [0.1, 0.15) is 12.5 Å². The second-order valence-electron chi connectivity index (χ2n) is 5.72. The summed E-state index contributed by atoms with van der Waals surface area (Å²) in [5.74, 6) is 1.27. The SMILES string of the molecule is CCOc1cc(C=C2SC(=S)N(c3ccc(OC)cc3OC)C2=O)ccc1O. The van der Waals surface area contributed by atoms with E-state index in [1.807, 2.05) is 6.92 Å². The molecule has 0 radical (unpaired) electrons. The molecule has 1 aliphatic heterocycles. The Bertz CT molecular complexity index is 958. The predicted molar refractivity (Wildman–Crippen MR) is 114 cm³/mol. The van der Waals surface area contributed by atoms with Crippen molar-refractivity contribution in [2.24, 2.45) is 0 Å². The van der Waals surface area contributed by atoms with E-state index in [1.165, 1.54) is 29.8 Å². The van der Waals surface area contributed by atoms with Gasteiger partial charge in [0.15, 0.2) is 15.8 Å². The van der Waals surface area contributed by atoms with Crippen LogP contribution in [0, 0.1) is 0 Å². The summed E-state index contributed by atoms with van der Waals surface area (Å²) in [6, 6.07) is 10.1. The second kappa shape index (κ2) is 8.53. The van der Waals surface area contributed by atoms with Crippen molar-refractivity contribution in [1.29, 1.82) is 0 Å². The van der Waals surface area contributed by atoms with E-state index in [1.54, 1.807) is 43.5 Å². The van der Waals surface area contributed by atoms with Crippen molar-refractivity contribution in [3.05, 3.63) is 46.9 Å². The Morgan fingerprint density at radius 3 is 2.61 bits per heavy atom. The summed E-state index contributed by atoms with van der Waals surface area (Å²) in [6.07, 6.45) is 1.72. The van der Waals surface area contributed by atoms with Crippen LogP contribution in [0.2, 0.25) is 0 Å². The number of hydrogen-bond donors (Lipinski definition) is 1. The van der Waals surface area contributed by atoms with Gasteiger partial charge in [-0.25, -0.2) is 0 Å². The zero-order valence-corrected chi connectivity index (χ0v) is 17.2. The molecule has 1 amide bonds. The van der Waals surface area contributed by atoms with E-state index in [0.29, 0.717) is 38.8 Å². The van der Waals surface area contributed by atoms with Crippen LogP contribution >= 0.6 is 24.0 Å². The van der Waals surface area contributed by atoms with E-state index in [9.17, 15) is 9.90 Å². The molecule has 0 unspecified atom stereocenters. The lowest BCUT2D eigenvalue weighted by molar-refractivity contribution is -0.113. The van der Waals surface area contributed by atoms with E-state index >= 15 is 0 Å². The maximum Gasteiger partial charge on any atom is 0.270 e. The summed E-state index contributed by atoms with van der Waals surface area (Å²) < 4.78 is 16.4. The van der Waals surface area contributed by atoms with Gasteiger partial charge < -0.3 is 19.3 Å². The maximum absolute atomic E-state index is 13.0. The fraction of sp³-hybridized carbons (Fsp3) is 0.200. The van der Waals surface area contributed by atoms with Crippen molar-refractivity contribution in [2.75, 3.05) is 25.7 Å². The Morgan fingerprint density at radius 2 is 1.93 bits per heavy atom. The highest BCUT2D eigenvalue weighted by molar-refractivity contribution is 8.27. The molecule has 1 N–H and O–H groups in total. The Morgan fingerprint density at radius 1 is 1.14 bits per heavy atom. The number of anilines is 1.